The Hall–Kier alpha value is -3.44. The fraction of sp³-hybridized carbons (Fsp3) is 0.462. The summed E-state index contributed by atoms with van der Waals surface area (Å²) >= 11 is 0. The average Bonchev–Trinajstić information content (AvgIpc) is 2.89. The maximum Gasteiger partial charge on any atom is 0.268 e. The van der Waals surface area contributed by atoms with Crippen molar-refractivity contribution in [2.45, 2.75) is 51.2 Å². The van der Waals surface area contributed by atoms with E-state index in [0.717, 1.165) is 32.1 Å². The quantitative estimate of drug-likeness (QED) is 0.610. The maximum absolute atomic E-state index is 13.5. The van der Waals surface area contributed by atoms with Crippen molar-refractivity contribution in [2.24, 2.45) is 0 Å². The van der Waals surface area contributed by atoms with Gasteiger partial charge in [0.2, 0.25) is 0 Å². The zero-order valence-electron chi connectivity index (χ0n) is 19.4. The third-order valence-electron chi connectivity index (χ3n) is 6.50. The monoisotopic (exact) mass is 463 g/mol. The average molecular weight is 464 g/mol. The van der Waals surface area contributed by atoms with Gasteiger partial charge < -0.3 is 18.9 Å². The van der Waals surface area contributed by atoms with E-state index in [1.165, 1.54) is 6.07 Å². The first-order valence-electron chi connectivity index (χ1n) is 11.8. The number of para-hydroxylation sites is 1. The highest BCUT2D eigenvalue weighted by Gasteiger charge is 2.26. The van der Waals surface area contributed by atoms with Crippen molar-refractivity contribution >= 4 is 11.7 Å². The summed E-state index contributed by atoms with van der Waals surface area (Å²) in [4.78, 5) is 40.8. The third-order valence-corrected chi connectivity index (χ3v) is 6.50. The highest BCUT2D eigenvalue weighted by atomic mass is 16.5. The van der Waals surface area contributed by atoms with Crippen LogP contribution in [0.3, 0.4) is 0 Å². The summed E-state index contributed by atoms with van der Waals surface area (Å²) in [5.74, 6) is -0.235. The number of ether oxygens (including phenoxy) is 2. The molecule has 0 bridgehead atoms. The first kappa shape index (κ1) is 23.7. The van der Waals surface area contributed by atoms with Gasteiger partial charge in [-0.25, -0.2) is 0 Å². The van der Waals surface area contributed by atoms with E-state index in [1.807, 2.05) is 6.07 Å². The van der Waals surface area contributed by atoms with E-state index >= 15 is 0 Å². The van der Waals surface area contributed by atoms with Crippen molar-refractivity contribution in [3.05, 3.63) is 63.6 Å². The zero-order chi connectivity index (χ0) is 24.1. The number of morpholine rings is 1. The van der Waals surface area contributed by atoms with Crippen LogP contribution in [0.25, 0.3) is 0 Å². The molecule has 1 aromatic carbocycles. The number of nitrogens with zero attached hydrogens (tertiary/aromatic N) is 3. The summed E-state index contributed by atoms with van der Waals surface area (Å²) in [5, 5.41) is 9.53. The normalized spacial score (nSPS) is 17.6. The predicted molar refractivity (Wildman–Crippen MR) is 125 cm³/mol. The molecular formula is C26H29N3O5. The maximum atomic E-state index is 13.5. The molecular weight excluding hydrogens is 434 g/mol. The van der Waals surface area contributed by atoms with Crippen LogP contribution in [0.5, 0.6) is 5.75 Å². The van der Waals surface area contributed by atoms with Crippen molar-refractivity contribution in [1.82, 2.24) is 9.47 Å². The molecule has 1 aromatic heterocycles. The molecule has 2 fully saturated rings. The van der Waals surface area contributed by atoms with E-state index < -0.39 is 6.10 Å². The number of carbonyl (C=O) groups is 2. The van der Waals surface area contributed by atoms with Gasteiger partial charge >= 0.3 is 0 Å². The molecule has 1 atom stereocenters. The summed E-state index contributed by atoms with van der Waals surface area (Å²) in [5.41, 5.74) is 0.123. The highest BCUT2D eigenvalue weighted by Crippen LogP contribution is 2.28. The van der Waals surface area contributed by atoms with Gasteiger partial charge in [0.25, 0.3) is 11.5 Å². The van der Waals surface area contributed by atoms with Crippen LogP contribution in [-0.2, 0) is 9.53 Å². The Balaban J connectivity index is 1.62. The smallest absolute Gasteiger partial charge is 0.268 e. The third kappa shape index (κ3) is 5.05. The van der Waals surface area contributed by atoms with Gasteiger partial charge in [0, 0.05) is 30.9 Å². The van der Waals surface area contributed by atoms with Crippen molar-refractivity contribution < 1.29 is 19.1 Å². The summed E-state index contributed by atoms with van der Waals surface area (Å²) < 4.78 is 12.8. The van der Waals surface area contributed by atoms with Crippen LogP contribution >= 0.6 is 0 Å². The molecule has 2 aromatic rings. The number of aromatic nitrogens is 1. The van der Waals surface area contributed by atoms with Gasteiger partial charge in [0.05, 0.1) is 18.8 Å². The summed E-state index contributed by atoms with van der Waals surface area (Å²) in [6.07, 6.45) is 5.65. The Morgan fingerprint density at radius 2 is 1.85 bits per heavy atom. The molecule has 0 N–H and O–H groups in total. The summed E-state index contributed by atoms with van der Waals surface area (Å²) in [6, 6.07) is 10.0. The Morgan fingerprint density at radius 3 is 2.56 bits per heavy atom. The molecule has 1 aliphatic heterocycles. The van der Waals surface area contributed by atoms with Crippen LogP contribution in [0.15, 0.2) is 41.3 Å². The molecule has 4 rings (SSSR count). The SMILES string of the molecule is C[C@H](Oc1ccccc1C(=O)c1cc(C#N)c(=O)n(C2CCCCC2)c1)C(=O)N1CCOCC1. The predicted octanol–water partition coefficient (Wildman–Crippen LogP) is 3.08. The van der Waals surface area contributed by atoms with Gasteiger partial charge in [-0.15, -0.1) is 0 Å². The Morgan fingerprint density at radius 1 is 1.15 bits per heavy atom. The highest BCUT2D eigenvalue weighted by molar-refractivity contribution is 6.10. The number of amides is 1. The lowest BCUT2D eigenvalue weighted by atomic mass is 9.94. The summed E-state index contributed by atoms with van der Waals surface area (Å²) in [7, 11) is 0. The molecule has 1 aliphatic carbocycles. The second-order valence-electron chi connectivity index (χ2n) is 8.78. The van der Waals surface area contributed by atoms with Crippen molar-refractivity contribution in [3.8, 4) is 11.8 Å². The molecule has 8 heteroatoms. The number of rotatable bonds is 6. The number of pyridine rings is 1. The minimum atomic E-state index is -0.780. The van der Waals surface area contributed by atoms with Gasteiger partial charge in [-0.3, -0.25) is 14.4 Å². The molecule has 0 unspecified atom stereocenters. The van der Waals surface area contributed by atoms with Gasteiger partial charge in [0.1, 0.15) is 17.4 Å². The minimum absolute atomic E-state index is 0.0150. The number of hydrogen-bond donors (Lipinski definition) is 0. The Kier molecular flexibility index (Phi) is 7.43. The van der Waals surface area contributed by atoms with Crippen LogP contribution in [0.4, 0.5) is 0 Å². The van der Waals surface area contributed by atoms with Gasteiger partial charge in [-0.1, -0.05) is 31.4 Å². The van der Waals surface area contributed by atoms with E-state index in [0.29, 0.717) is 26.3 Å². The van der Waals surface area contributed by atoms with E-state index in [9.17, 15) is 19.6 Å². The van der Waals surface area contributed by atoms with E-state index in [1.54, 1.807) is 46.9 Å². The molecule has 0 spiro atoms. The number of nitriles is 1. The second-order valence-corrected chi connectivity index (χ2v) is 8.78. The molecule has 2 heterocycles. The van der Waals surface area contributed by atoms with Gasteiger partial charge in [-0.2, -0.15) is 5.26 Å². The lowest BCUT2D eigenvalue weighted by molar-refractivity contribution is -0.142. The number of ketones is 1. The van der Waals surface area contributed by atoms with Crippen LogP contribution < -0.4 is 10.3 Å². The lowest BCUT2D eigenvalue weighted by Gasteiger charge is -2.29. The number of carbonyl (C=O) groups excluding carboxylic acids is 2. The van der Waals surface area contributed by atoms with Crippen LogP contribution in [0, 0.1) is 11.3 Å². The zero-order valence-corrected chi connectivity index (χ0v) is 19.4. The van der Waals surface area contributed by atoms with Gasteiger partial charge in [-0.05, 0) is 38.0 Å². The Labute approximate surface area is 198 Å². The standard InChI is InChI=1S/C26H29N3O5/c1-18(25(31)28-11-13-33-14-12-28)34-23-10-6-5-9-22(23)24(30)20-15-19(16-27)26(32)29(17-20)21-7-3-2-4-8-21/h5-6,9-10,15,17-18,21H,2-4,7-8,11-14H2,1H3/t18-/m0/s1. The van der Waals surface area contributed by atoms with Crippen molar-refractivity contribution in [3.63, 3.8) is 0 Å². The van der Waals surface area contributed by atoms with E-state index in [-0.39, 0.29) is 45.7 Å². The fourth-order valence-corrected chi connectivity index (χ4v) is 4.63. The first-order chi connectivity index (χ1) is 16.5. The van der Waals surface area contributed by atoms with E-state index in [4.69, 9.17) is 9.47 Å². The van der Waals surface area contributed by atoms with Gasteiger partial charge in [0.15, 0.2) is 11.9 Å². The molecule has 1 amide bonds. The van der Waals surface area contributed by atoms with Crippen LogP contribution in [-0.4, -0.2) is 53.6 Å². The molecule has 34 heavy (non-hydrogen) atoms. The molecule has 1 saturated heterocycles. The van der Waals surface area contributed by atoms with Crippen molar-refractivity contribution in [2.75, 3.05) is 26.3 Å². The minimum Gasteiger partial charge on any atom is -0.480 e. The van der Waals surface area contributed by atoms with Crippen LogP contribution in [0.1, 0.15) is 66.6 Å². The number of benzene rings is 1. The Bertz CT molecular complexity index is 1150. The first-order valence-corrected chi connectivity index (χ1v) is 11.8. The molecule has 178 valence electrons. The molecule has 0 radical (unpaired) electrons. The van der Waals surface area contributed by atoms with Crippen molar-refractivity contribution in [1.29, 1.82) is 5.26 Å². The lowest BCUT2D eigenvalue weighted by Crippen LogP contribution is -2.46. The summed E-state index contributed by atoms with van der Waals surface area (Å²) in [6.45, 7) is 3.66. The number of hydrogen-bond acceptors (Lipinski definition) is 6. The molecule has 2 aliphatic rings. The second kappa shape index (κ2) is 10.7. The topological polar surface area (TPSA) is 102 Å². The largest absolute Gasteiger partial charge is 0.480 e. The molecule has 1 saturated carbocycles. The van der Waals surface area contributed by atoms with Crippen LogP contribution in [0.2, 0.25) is 0 Å². The molecule has 8 nitrogen and oxygen atoms in total. The van der Waals surface area contributed by atoms with E-state index in [2.05, 4.69) is 0 Å². The fourth-order valence-electron chi connectivity index (χ4n) is 4.63.